The first-order chi connectivity index (χ1) is 12.5. The number of likely N-dealkylation sites (tertiary alicyclic amines) is 1. The Balaban J connectivity index is 1.36. The molecule has 142 valence electrons. The number of furan rings is 1. The molecule has 6 nitrogen and oxygen atoms in total. The van der Waals surface area contributed by atoms with E-state index in [1.807, 2.05) is 0 Å². The fraction of sp³-hybridized carbons (Fsp3) is 0.611. The van der Waals surface area contributed by atoms with Gasteiger partial charge < -0.3 is 20.6 Å². The standard InChI is InChI=1S/C18H24BrFN4O2/c19-17-12-7-16(21)26-15(12)8-22-18(17)23-10-1-3-11(4-2-10)24-6-5-13(20)14(25)9-24/h7-8,10-11,13-14,25H,1-6,9,21H2,(H,22,23)/t10?,11?,13?,14-/m0/s1. The summed E-state index contributed by atoms with van der Waals surface area (Å²) in [5, 5.41) is 14.2. The first-order valence-electron chi connectivity index (χ1n) is 9.17. The number of rotatable bonds is 3. The van der Waals surface area contributed by atoms with Crippen molar-refractivity contribution in [3.05, 3.63) is 16.7 Å². The van der Waals surface area contributed by atoms with E-state index in [0.717, 1.165) is 47.9 Å². The van der Waals surface area contributed by atoms with Crippen molar-refractivity contribution in [2.45, 2.75) is 56.5 Å². The Morgan fingerprint density at radius 3 is 2.81 bits per heavy atom. The number of pyridine rings is 1. The highest BCUT2D eigenvalue weighted by atomic mass is 79.9. The predicted octanol–water partition coefficient (Wildman–Crippen LogP) is 3.30. The summed E-state index contributed by atoms with van der Waals surface area (Å²) in [4.78, 5) is 6.70. The number of aliphatic hydroxyl groups excluding tert-OH is 1. The van der Waals surface area contributed by atoms with Crippen molar-refractivity contribution in [3.8, 4) is 0 Å². The molecule has 1 saturated heterocycles. The number of fused-ring (bicyclic) bond motifs is 1. The average molecular weight is 427 g/mol. The van der Waals surface area contributed by atoms with Crippen LogP contribution in [-0.4, -0.2) is 52.4 Å². The minimum absolute atomic E-state index is 0.348. The van der Waals surface area contributed by atoms with E-state index >= 15 is 0 Å². The number of nitrogens with one attached hydrogen (secondary N) is 1. The molecule has 0 spiro atoms. The fourth-order valence-electron chi connectivity index (χ4n) is 4.14. The molecule has 0 radical (unpaired) electrons. The van der Waals surface area contributed by atoms with Crippen LogP contribution in [0.25, 0.3) is 11.0 Å². The molecule has 1 unspecified atom stereocenters. The van der Waals surface area contributed by atoms with Crippen molar-refractivity contribution in [1.29, 1.82) is 0 Å². The highest BCUT2D eigenvalue weighted by molar-refractivity contribution is 9.10. The number of hydrogen-bond donors (Lipinski definition) is 3. The van der Waals surface area contributed by atoms with E-state index < -0.39 is 12.3 Å². The largest absolute Gasteiger partial charge is 0.439 e. The number of nitrogens with two attached hydrogens (primary N) is 1. The SMILES string of the molecule is Nc1cc2c(Br)c(NC3CCC(N4CCC(F)[C@@H](O)C4)CC3)ncc2o1. The number of nitrogen functional groups attached to an aromatic ring is 1. The summed E-state index contributed by atoms with van der Waals surface area (Å²) in [6.07, 6.45) is 4.34. The predicted molar refractivity (Wildman–Crippen MR) is 103 cm³/mol. The maximum Gasteiger partial charge on any atom is 0.191 e. The molecule has 0 amide bonds. The molecule has 2 aliphatic rings. The fourth-order valence-corrected chi connectivity index (χ4v) is 4.66. The molecule has 1 saturated carbocycles. The van der Waals surface area contributed by atoms with Crippen LogP contribution in [0.1, 0.15) is 32.1 Å². The number of anilines is 2. The molecule has 26 heavy (non-hydrogen) atoms. The summed E-state index contributed by atoms with van der Waals surface area (Å²) in [5.74, 6) is 1.18. The van der Waals surface area contributed by atoms with Gasteiger partial charge in [-0.1, -0.05) is 0 Å². The average Bonchev–Trinajstić information content (AvgIpc) is 3.02. The van der Waals surface area contributed by atoms with Crippen molar-refractivity contribution in [1.82, 2.24) is 9.88 Å². The first kappa shape index (κ1) is 18.0. The van der Waals surface area contributed by atoms with Gasteiger partial charge >= 0.3 is 0 Å². The summed E-state index contributed by atoms with van der Waals surface area (Å²) in [6.45, 7) is 1.20. The molecule has 2 atom stereocenters. The Labute approximate surface area is 160 Å². The molecule has 0 bridgehead atoms. The number of halogens is 2. The molecule has 1 aliphatic heterocycles. The van der Waals surface area contributed by atoms with Crippen LogP contribution in [0.2, 0.25) is 0 Å². The summed E-state index contributed by atoms with van der Waals surface area (Å²) in [6, 6.07) is 2.58. The normalized spacial score (nSPS) is 30.6. The number of nitrogens with zero attached hydrogens (tertiary/aromatic N) is 2. The maximum absolute atomic E-state index is 13.5. The van der Waals surface area contributed by atoms with Gasteiger partial charge in [0.05, 0.1) is 16.8 Å². The van der Waals surface area contributed by atoms with Crippen LogP contribution in [0.5, 0.6) is 0 Å². The lowest BCUT2D eigenvalue weighted by Crippen LogP contribution is -2.50. The van der Waals surface area contributed by atoms with Gasteiger partial charge in [0, 0.05) is 36.6 Å². The number of piperidine rings is 1. The van der Waals surface area contributed by atoms with Gasteiger partial charge in [0.25, 0.3) is 0 Å². The van der Waals surface area contributed by atoms with Crippen LogP contribution < -0.4 is 11.1 Å². The number of aliphatic hydroxyl groups is 1. The molecule has 8 heteroatoms. The van der Waals surface area contributed by atoms with E-state index in [9.17, 15) is 9.50 Å². The second kappa shape index (κ2) is 7.32. The monoisotopic (exact) mass is 426 g/mol. The van der Waals surface area contributed by atoms with E-state index in [1.54, 1.807) is 12.3 Å². The highest BCUT2D eigenvalue weighted by Crippen LogP contribution is 2.34. The van der Waals surface area contributed by atoms with Crippen LogP contribution in [0.4, 0.5) is 16.1 Å². The molecule has 4 N–H and O–H groups in total. The Morgan fingerprint density at radius 1 is 1.31 bits per heavy atom. The van der Waals surface area contributed by atoms with Gasteiger partial charge in [-0.05, 0) is 48.0 Å². The summed E-state index contributed by atoms with van der Waals surface area (Å²) >= 11 is 3.60. The van der Waals surface area contributed by atoms with Crippen molar-refractivity contribution in [3.63, 3.8) is 0 Å². The minimum atomic E-state index is -1.07. The van der Waals surface area contributed by atoms with E-state index in [-0.39, 0.29) is 0 Å². The second-order valence-corrected chi connectivity index (χ2v) is 8.16. The van der Waals surface area contributed by atoms with Crippen LogP contribution in [-0.2, 0) is 0 Å². The maximum atomic E-state index is 13.5. The minimum Gasteiger partial charge on any atom is -0.439 e. The second-order valence-electron chi connectivity index (χ2n) is 7.36. The molecule has 2 aromatic rings. The number of β-amino-alcohol motifs (C(OH)–C–C–N with tert-alkyl or cyclic N) is 1. The lowest BCUT2D eigenvalue weighted by molar-refractivity contribution is -0.0178. The summed E-state index contributed by atoms with van der Waals surface area (Å²) < 4.78 is 19.7. The number of alkyl halides is 1. The Bertz CT molecular complexity index is 778. The van der Waals surface area contributed by atoms with E-state index in [4.69, 9.17) is 10.2 Å². The van der Waals surface area contributed by atoms with Gasteiger partial charge in [0.2, 0.25) is 0 Å². The van der Waals surface area contributed by atoms with Gasteiger partial charge in [-0.25, -0.2) is 9.37 Å². The van der Waals surface area contributed by atoms with Gasteiger partial charge in [-0.2, -0.15) is 0 Å². The van der Waals surface area contributed by atoms with Gasteiger partial charge in [-0.3, -0.25) is 4.90 Å². The van der Waals surface area contributed by atoms with Gasteiger partial charge in [-0.15, -0.1) is 0 Å². The molecule has 2 aromatic heterocycles. The van der Waals surface area contributed by atoms with Gasteiger partial charge in [0.1, 0.15) is 12.0 Å². The molecule has 0 aromatic carbocycles. The molecule has 3 heterocycles. The van der Waals surface area contributed by atoms with Crippen LogP contribution in [0.3, 0.4) is 0 Å². The zero-order chi connectivity index (χ0) is 18.3. The highest BCUT2D eigenvalue weighted by Gasteiger charge is 2.33. The zero-order valence-corrected chi connectivity index (χ0v) is 16.1. The molecule has 2 fully saturated rings. The zero-order valence-electron chi connectivity index (χ0n) is 14.5. The Hall–Kier alpha value is -1.38. The lowest BCUT2D eigenvalue weighted by atomic mass is 9.88. The van der Waals surface area contributed by atoms with Crippen LogP contribution in [0.15, 0.2) is 21.2 Å². The van der Waals surface area contributed by atoms with E-state index in [1.165, 1.54) is 0 Å². The third kappa shape index (κ3) is 3.54. The van der Waals surface area contributed by atoms with Crippen molar-refractivity contribution in [2.24, 2.45) is 0 Å². The van der Waals surface area contributed by atoms with Crippen molar-refractivity contribution >= 4 is 38.6 Å². The smallest absolute Gasteiger partial charge is 0.191 e. The van der Waals surface area contributed by atoms with Gasteiger partial charge in [0.15, 0.2) is 11.5 Å². The summed E-state index contributed by atoms with van der Waals surface area (Å²) in [7, 11) is 0. The van der Waals surface area contributed by atoms with E-state index in [0.29, 0.717) is 36.5 Å². The van der Waals surface area contributed by atoms with Crippen LogP contribution in [0, 0.1) is 0 Å². The quantitative estimate of drug-likeness (QED) is 0.697. The first-order valence-corrected chi connectivity index (χ1v) is 9.97. The third-order valence-electron chi connectivity index (χ3n) is 5.62. The number of hydrogen-bond acceptors (Lipinski definition) is 6. The number of aromatic nitrogens is 1. The van der Waals surface area contributed by atoms with Crippen molar-refractivity contribution < 1.29 is 13.9 Å². The lowest BCUT2D eigenvalue weighted by Gasteiger charge is -2.41. The van der Waals surface area contributed by atoms with Crippen LogP contribution >= 0.6 is 15.9 Å². The Morgan fingerprint density at radius 2 is 2.08 bits per heavy atom. The molecule has 4 rings (SSSR count). The molecular weight excluding hydrogens is 403 g/mol. The molecule has 1 aliphatic carbocycles. The van der Waals surface area contributed by atoms with Crippen molar-refractivity contribution in [2.75, 3.05) is 24.1 Å². The topological polar surface area (TPSA) is 87.5 Å². The molecular formula is C18H24BrFN4O2. The third-order valence-corrected chi connectivity index (χ3v) is 6.42. The summed E-state index contributed by atoms with van der Waals surface area (Å²) in [5.41, 5.74) is 6.38. The van der Waals surface area contributed by atoms with E-state index in [2.05, 4.69) is 31.1 Å². The Kier molecular flexibility index (Phi) is 5.07.